The van der Waals surface area contributed by atoms with E-state index in [2.05, 4.69) is 10.3 Å². The Morgan fingerprint density at radius 3 is 2.34 bits per heavy atom. The lowest BCUT2D eigenvalue weighted by atomic mass is 10.0. The molecule has 4 aromatic rings. The predicted octanol–water partition coefficient (Wildman–Crippen LogP) is 7.30. The molecule has 38 heavy (non-hydrogen) atoms. The first-order valence-electron chi connectivity index (χ1n) is 11.7. The molecule has 196 valence electrons. The number of esters is 1. The molecule has 4 rings (SSSR count). The Morgan fingerprint density at radius 1 is 0.947 bits per heavy atom. The fraction of sp³-hybridized carbons (Fsp3) is 0.172. The summed E-state index contributed by atoms with van der Waals surface area (Å²) >= 11 is 12.7. The zero-order chi connectivity index (χ0) is 27.1. The van der Waals surface area contributed by atoms with Crippen LogP contribution in [0.4, 0.5) is 10.1 Å². The molecule has 0 saturated heterocycles. The normalized spacial score (nSPS) is 11.5. The number of nitrogens with one attached hydrogen (secondary N) is 1. The molecule has 0 radical (unpaired) electrons. The van der Waals surface area contributed by atoms with Crippen LogP contribution in [0.2, 0.25) is 10.0 Å². The monoisotopic (exact) mass is 554 g/mol. The minimum absolute atomic E-state index is 0.172. The minimum atomic E-state index is -0.796. The Bertz CT molecular complexity index is 1400. The van der Waals surface area contributed by atoms with Gasteiger partial charge >= 0.3 is 5.97 Å². The van der Waals surface area contributed by atoms with Crippen molar-refractivity contribution >= 4 is 34.9 Å². The molecule has 9 heteroatoms. The van der Waals surface area contributed by atoms with Gasteiger partial charge in [0.1, 0.15) is 11.9 Å². The summed E-state index contributed by atoms with van der Waals surface area (Å²) in [5.74, 6) is -0.0757. The number of nitrogens with zero attached hydrogens (tertiary/aromatic N) is 1. The third kappa shape index (κ3) is 6.54. The van der Waals surface area contributed by atoms with Crippen molar-refractivity contribution in [2.24, 2.45) is 0 Å². The summed E-state index contributed by atoms with van der Waals surface area (Å²) in [5, 5.41) is 3.84. The summed E-state index contributed by atoms with van der Waals surface area (Å²) < 4.78 is 31.3. The molecule has 0 saturated carbocycles. The van der Waals surface area contributed by atoms with Crippen molar-refractivity contribution in [3.8, 4) is 11.5 Å². The van der Waals surface area contributed by atoms with Gasteiger partial charge in [-0.1, -0.05) is 47.5 Å². The Morgan fingerprint density at radius 2 is 1.66 bits per heavy atom. The smallest absolute Gasteiger partial charge is 0.338 e. The van der Waals surface area contributed by atoms with Gasteiger partial charge in [-0.2, -0.15) is 0 Å². The van der Waals surface area contributed by atoms with Gasteiger partial charge in [0.15, 0.2) is 11.5 Å². The van der Waals surface area contributed by atoms with E-state index in [-0.39, 0.29) is 18.5 Å². The lowest BCUT2D eigenvalue weighted by molar-refractivity contribution is 0.0297. The van der Waals surface area contributed by atoms with E-state index in [9.17, 15) is 9.18 Å². The van der Waals surface area contributed by atoms with Crippen LogP contribution in [0.25, 0.3) is 0 Å². The van der Waals surface area contributed by atoms with E-state index in [0.29, 0.717) is 38.2 Å². The fourth-order valence-electron chi connectivity index (χ4n) is 3.89. The molecule has 6 nitrogen and oxygen atoms in total. The molecular formula is C29H25Cl2FN2O4. The number of para-hydroxylation sites is 1. The van der Waals surface area contributed by atoms with E-state index < -0.39 is 17.9 Å². The molecule has 0 aliphatic carbocycles. The number of rotatable bonds is 10. The molecular weight excluding hydrogens is 530 g/mol. The Balaban J connectivity index is 1.62. The number of hydrogen-bond donors (Lipinski definition) is 1. The quantitative estimate of drug-likeness (QED) is 0.207. The number of methoxy groups -OCH3 is 2. The number of carbonyl (C=O) groups excluding carboxylic acids is 1. The first-order chi connectivity index (χ1) is 18.4. The lowest BCUT2D eigenvalue weighted by Gasteiger charge is -2.21. The summed E-state index contributed by atoms with van der Waals surface area (Å²) in [7, 11) is 3.05. The molecule has 3 aromatic carbocycles. The van der Waals surface area contributed by atoms with E-state index in [1.807, 2.05) is 30.3 Å². The van der Waals surface area contributed by atoms with Gasteiger partial charge in [0.05, 0.1) is 29.8 Å². The van der Waals surface area contributed by atoms with Crippen LogP contribution in [0.5, 0.6) is 11.5 Å². The predicted molar refractivity (Wildman–Crippen MR) is 146 cm³/mol. The average Bonchev–Trinajstić information content (AvgIpc) is 2.94. The fourth-order valence-corrected chi connectivity index (χ4v) is 4.41. The zero-order valence-corrected chi connectivity index (χ0v) is 22.2. The van der Waals surface area contributed by atoms with Gasteiger partial charge in [0.2, 0.25) is 0 Å². The Kier molecular flexibility index (Phi) is 9.05. The largest absolute Gasteiger partial charge is 0.493 e. The van der Waals surface area contributed by atoms with Crippen molar-refractivity contribution in [1.82, 2.24) is 4.98 Å². The first-order valence-corrected chi connectivity index (χ1v) is 12.4. The van der Waals surface area contributed by atoms with Crippen molar-refractivity contribution in [3.63, 3.8) is 0 Å². The number of anilines is 1. The third-order valence-corrected chi connectivity index (χ3v) is 6.56. The molecule has 1 atom stereocenters. The van der Waals surface area contributed by atoms with Crippen LogP contribution < -0.4 is 14.8 Å². The number of halogens is 3. The number of ether oxygens (including phenoxy) is 3. The van der Waals surface area contributed by atoms with Crippen LogP contribution in [0, 0.1) is 5.82 Å². The van der Waals surface area contributed by atoms with Crippen LogP contribution in [-0.2, 0) is 17.7 Å². The van der Waals surface area contributed by atoms with E-state index in [1.54, 1.807) is 18.2 Å². The van der Waals surface area contributed by atoms with E-state index in [4.69, 9.17) is 37.4 Å². The molecule has 1 heterocycles. The maximum atomic E-state index is 14.5. The summed E-state index contributed by atoms with van der Waals surface area (Å²) in [4.78, 5) is 17.3. The second-order valence-corrected chi connectivity index (χ2v) is 9.13. The van der Waals surface area contributed by atoms with Gasteiger partial charge < -0.3 is 19.5 Å². The number of hydrogen-bond acceptors (Lipinski definition) is 6. The van der Waals surface area contributed by atoms with Gasteiger partial charge in [-0.25, -0.2) is 9.18 Å². The second-order valence-electron chi connectivity index (χ2n) is 8.32. The highest BCUT2D eigenvalue weighted by molar-refractivity contribution is 6.35. The highest BCUT2D eigenvalue weighted by Crippen LogP contribution is 2.35. The molecule has 1 N–H and O–H groups in total. The molecule has 0 aliphatic heterocycles. The second kappa shape index (κ2) is 12.6. The van der Waals surface area contributed by atoms with E-state index >= 15 is 0 Å². The molecule has 0 spiro atoms. The van der Waals surface area contributed by atoms with Gasteiger partial charge in [-0.05, 0) is 53.6 Å². The SMILES string of the molecule is COc1ccc([C@H](Cc2c(Cl)cncc2Cl)OC(=O)c2ccc(F)c(CNc3ccccc3)c2)cc1OC. The minimum Gasteiger partial charge on any atom is -0.493 e. The van der Waals surface area contributed by atoms with Crippen molar-refractivity contribution in [2.75, 3.05) is 19.5 Å². The van der Waals surface area contributed by atoms with Crippen molar-refractivity contribution in [3.05, 3.63) is 117 Å². The third-order valence-electron chi connectivity index (χ3n) is 5.91. The van der Waals surface area contributed by atoms with Gasteiger partial charge in [-0.15, -0.1) is 0 Å². The Labute approximate surface area is 230 Å². The molecule has 0 bridgehead atoms. The topological polar surface area (TPSA) is 69.7 Å². The van der Waals surface area contributed by atoms with Crippen LogP contribution >= 0.6 is 23.2 Å². The Hall–Kier alpha value is -3.81. The van der Waals surface area contributed by atoms with Gasteiger partial charge in [-0.3, -0.25) is 4.98 Å². The first kappa shape index (κ1) is 27.2. The van der Waals surface area contributed by atoms with Crippen LogP contribution in [0.15, 0.2) is 79.1 Å². The summed E-state index contributed by atoms with van der Waals surface area (Å²) in [5.41, 5.74) is 2.56. The highest BCUT2D eigenvalue weighted by Gasteiger charge is 2.23. The number of pyridine rings is 1. The standard InChI is InChI=1S/C29H25Cl2FN2O4/c1-36-26-11-9-18(13-28(26)37-2)27(14-22-23(30)16-33-17-24(22)31)38-29(35)19-8-10-25(32)20(12-19)15-34-21-6-4-3-5-7-21/h3-13,16-17,27,34H,14-15H2,1-2H3/t27-/m0/s1. The maximum Gasteiger partial charge on any atom is 0.338 e. The molecule has 0 unspecified atom stereocenters. The van der Waals surface area contributed by atoms with Gasteiger partial charge in [0, 0.05) is 36.6 Å². The van der Waals surface area contributed by atoms with Crippen molar-refractivity contribution < 1.29 is 23.4 Å². The molecule has 1 aromatic heterocycles. The highest BCUT2D eigenvalue weighted by atomic mass is 35.5. The maximum absolute atomic E-state index is 14.5. The van der Waals surface area contributed by atoms with Crippen molar-refractivity contribution in [2.45, 2.75) is 19.1 Å². The summed E-state index contributed by atoms with van der Waals surface area (Å²) in [6, 6.07) is 18.7. The number of aromatic nitrogens is 1. The van der Waals surface area contributed by atoms with Crippen LogP contribution in [-0.4, -0.2) is 25.2 Å². The van der Waals surface area contributed by atoms with Crippen molar-refractivity contribution in [1.29, 1.82) is 0 Å². The summed E-state index contributed by atoms with van der Waals surface area (Å²) in [6.07, 6.45) is 2.32. The average molecular weight is 555 g/mol. The van der Waals surface area contributed by atoms with Crippen LogP contribution in [0.1, 0.15) is 33.2 Å². The summed E-state index contributed by atoms with van der Waals surface area (Å²) in [6.45, 7) is 0.193. The van der Waals surface area contributed by atoms with Gasteiger partial charge in [0.25, 0.3) is 0 Å². The zero-order valence-electron chi connectivity index (χ0n) is 20.7. The van der Waals surface area contributed by atoms with Crippen LogP contribution in [0.3, 0.4) is 0 Å². The molecule has 0 amide bonds. The molecule has 0 fully saturated rings. The van der Waals surface area contributed by atoms with E-state index in [1.165, 1.54) is 44.8 Å². The van der Waals surface area contributed by atoms with E-state index in [0.717, 1.165) is 5.69 Å². The molecule has 0 aliphatic rings. The number of carbonyl (C=O) groups is 1. The lowest BCUT2D eigenvalue weighted by Crippen LogP contribution is -2.15. The number of benzene rings is 3.